The molecular formula is C19H22N4O. The molecule has 0 radical (unpaired) electrons. The number of piperidine rings is 1. The molecule has 124 valence electrons. The lowest BCUT2D eigenvalue weighted by Crippen LogP contribution is -2.47. The Morgan fingerprint density at radius 2 is 1.88 bits per heavy atom. The van der Waals surface area contributed by atoms with Crippen molar-refractivity contribution in [2.75, 3.05) is 18.0 Å². The van der Waals surface area contributed by atoms with Gasteiger partial charge < -0.3 is 9.80 Å². The lowest BCUT2D eigenvalue weighted by atomic mass is 9.93. The molecule has 3 fully saturated rings. The Hall–Kier alpha value is -2.43. The summed E-state index contributed by atoms with van der Waals surface area (Å²) in [4.78, 5) is 17.2. The summed E-state index contributed by atoms with van der Waals surface area (Å²) in [5.41, 5.74) is 2.11. The van der Waals surface area contributed by atoms with Gasteiger partial charge in [0.25, 0.3) is 0 Å². The third-order valence-corrected chi connectivity index (χ3v) is 5.10. The van der Waals surface area contributed by atoms with E-state index in [1.807, 2.05) is 37.3 Å². The first-order chi connectivity index (χ1) is 11.7. The van der Waals surface area contributed by atoms with Crippen molar-refractivity contribution in [3.05, 3.63) is 53.7 Å². The molecule has 0 saturated carbocycles. The fourth-order valence-corrected chi connectivity index (χ4v) is 3.78. The topological polar surface area (TPSA) is 49.3 Å². The number of benzene rings is 1. The highest BCUT2D eigenvalue weighted by atomic mass is 16.2. The van der Waals surface area contributed by atoms with E-state index in [2.05, 4.69) is 32.1 Å². The Kier molecular flexibility index (Phi) is 3.92. The number of aryl methyl sites for hydroxylation is 1. The fourth-order valence-electron chi connectivity index (χ4n) is 3.78. The van der Waals surface area contributed by atoms with Crippen LogP contribution in [0, 0.1) is 12.8 Å². The van der Waals surface area contributed by atoms with Crippen LogP contribution in [-0.2, 0) is 11.3 Å². The zero-order chi connectivity index (χ0) is 16.5. The van der Waals surface area contributed by atoms with Crippen LogP contribution in [0.1, 0.15) is 24.1 Å². The Balaban J connectivity index is 1.57. The number of hydrogen-bond donors (Lipinski definition) is 0. The normalized spacial score (nSPS) is 23.5. The van der Waals surface area contributed by atoms with Gasteiger partial charge in [-0.3, -0.25) is 4.79 Å². The zero-order valence-corrected chi connectivity index (χ0v) is 13.9. The molecule has 2 bridgehead atoms. The average Bonchev–Trinajstić information content (AvgIpc) is 2.89. The van der Waals surface area contributed by atoms with Crippen LogP contribution >= 0.6 is 0 Å². The second-order valence-corrected chi connectivity index (χ2v) is 6.82. The molecular weight excluding hydrogens is 300 g/mol. The first-order valence-corrected chi connectivity index (χ1v) is 8.60. The van der Waals surface area contributed by atoms with Crippen molar-refractivity contribution in [1.82, 2.24) is 15.1 Å². The molecule has 1 aromatic heterocycles. The van der Waals surface area contributed by atoms with Crippen LogP contribution in [0.4, 0.5) is 5.82 Å². The standard InChI is InChI=1S/C19H22N4O/c1-14-7-10-18(21-20-14)22-12-16-8-9-17(13-22)23(19(16)24)11-15-5-3-2-4-6-15/h2-7,10,16-17H,8-9,11-13H2,1H3/t16-,17+/m1/s1. The fraction of sp³-hybridized carbons (Fsp3) is 0.421. The van der Waals surface area contributed by atoms with Crippen molar-refractivity contribution in [3.8, 4) is 0 Å². The molecule has 24 heavy (non-hydrogen) atoms. The summed E-state index contributed by atoms with van der Waals surface area (Å²) < 4.78 is 0. The van der Waals surface area contributed by atoms with Gasteiger partial charge in [0.1, 0.15) is 0 Å². The van der Waals surface area contributed by atoms with E-state index in [1.165, 1.54) is 5.56 Å². The van der Waals surface area contributed by atoms with Gasteiger partial charge in [-0.05, 0) is 37.5 Å². The summed E-state index contributed by atoms with van der Waals surface area (Å²) in [5, 5.41) is 8.49. The third kappa shape index (κ3) is 2.86. The van der Waals surface area contributed by atoms with Crippen LogP contribution < -0.4 is 4.90 Å². The van der Waals surface area contributed by atoms with Crippen molar-refractivity contribution in [1.29, 1.82) is 0 Å². The third-order valence-electron chi connectivity index (χ3n) is 5.10. The van der Waals surface area contributed by atoms with E-state index < -0.39 is 0 Å². The highest BCUT2D eigenvalue weighted by molar-refractivity contribution is 5.81. The number of anilines is 1. The number of nitrogens with zero attached hydrogens (tertiary/aromatic N) is 4. The monoisotopic (exact) mass is 322 g/mol. The molecule has 0 aliphatic carbocycles. The van der Waals surface area contributed by atoms with Crippen LogP contribution in [-0.4, -0.2) is 40.1 Å². The lowest BCUT2D eigenvalue weighted by Gasteiger charge is -2.36. The van der Waals surface area contributed by atoms with Crippen molar-refractivity contribution in [3.63, 3.8) is 0 Å². The molecule has 3 aliphatic heterocycles. The SMILES string of the molecule is Cc1ccc(N2C[C@H]3CC[C@@H](C2)N(Cc2ccccc2)C3=O)nn1. The molecule has 1 amide bonds. The molecule has 4 heterocycles. The van der Waals surface area contributed by atoms with Gasteiger partial charge in [-0.25, -0.2) is 0 Å². The molecule has 5 nitrogen and oxygen atoms in total. The maximum Gasteiger partial charge on any atom is 0.228 e. The lowest BCUT2D eigenvalue weighted by molar-refractivity contribution is -0.140. The quantitative estimate of drug-likeness (QED) is 0.871. The molecule has 0 unspecified atom stereocenters. The number of carbonyl (C=O) groups is 1. The van der Waals surface area contributed by atoms with Crippen molar-refractivity contribution < 1.29 is 4.79 Å². The summed E-state index contributed by atoms with van der Waals surface area (Å²) >= 11 is 0. The van der Waals surface area contributed by atoms with Gasteiger partial charge in [-0.1, -0.05) is 30.3 Å². The summed E-state index contributed by atoms with van der Waals surface area (Å²) in [6.07, 6.45) is 2.05. The van der Waals surface area contributed by atoms with Crippen molar-refractivity contribution in [2.45, 2.75) is 32.4 Å². The van der Waals surface area contributed by atoms with Crippen LogP contribution in [0.3, 0.4) is 0 Å². The number of amides is 1. The van der Waals surface area contributed by atoms with E-state index in [0.29, 0.717) is 6.54 Å². The number of aromatic nitrogens is 2. The van der Waals surface area contributed by atoms with Crippen molar-refractivity contribution >= 4 is 11.7 Å². The molecule has 2 aromatic rings. The van der Waals surface area contributed by atoms with Crippen LogP contribution in [0.25, 0.3) is 0 Å². The van der Waals surface area contributed by atoms with Gasteiger partial charge in [0.05, 0.1) is 11.6 Å². The van der Waals surface area contributed by atoms with Gasteiger partial charge in [0.15, 0.2) is 5.82 Å². The van der Waals surface area contributed by atoms with Crippen molar-refractivity contribution in [2.24, 2.45) is 5.92 Å². The molecule has 3 aliphatic rings. The molecule has 5 rings (SSSR count). The van der Waals surface area contributed by atoms with Gasteiger partial charge in [-0.2, -0.15) is 5.10 Å². The predicted molar refractivity (Wildman–Crippen MR) is 92.5 cm³/mol. The van der Waals surface area contributed by atoms with E-state index >= 15 is 0 Å². The average molecular weight is 322 g/mol. The van der Waals surface area contributed by atoms with E-state index in [1.54, 1.807) is 0 Å². The first-order valence-electron chi connectivity index (χ1n) is 8.60. The molecule has 5 heteroatoms. The minimum absolute atomic E-state index is 0.0653. The van der Waals surface area contributed by atoms with E-state index in [4.69, 9.17) is 0 Å². The highest BCUT2D eigenvalue weighted by Gasteiger charge is 2.40. The maximum atomic E-state index is 12.9. The second-order valence-electron chi connectivity index (χ2n) is 6.82. The Morgan fingerprint density at radius 1 is 1.04 bits per heavy atom. The predicted octanol–water partition coefficient (Wildman–Crippen LogP) is 2.41. The molecule has 0 N–H and O–H groups in total. The second kappa shape index (κ2) is 6.23. The highest BCUT2D eigenvalue weighted by Crippen LogP contribution is 2.32. The number of fused-ring (bicyclic) bond motifs is 4. The van der Waals surface area contributed by atoms with Gasteiger partial charge in [0, 0.05) is 25.7 Å². The van der Waals surface area contributed by atoms with E-state index in [-0.39, 0.29) is 17.9 Å². The molecule has 0 spiro atoms. The number of rotatable bonds is 3. The van der Waals surface area contributed by atoms with E-state index in [0.717, 1.165) is 37.4 Å². The maximum absolute atomic E-state index is 12.9. The molecule has 1 aromatic carbocycles. The Morgan fingerprint density at radius 3 is 2.62 bits per heavy atom. The smallest absolute Gasteiger partial charge is 0.228 e. The van der Waals surface area contributed by atoms with Gasteiger partial charge in [-0.15, -0.1) is 5.10 Å². The van der Waals surface area contributed by atoms with Gasteiger partial charge >= 0.3 is 0 Å². The molecule has 2 atom stereocenters. The Bertz CT molecular complexity index is 716. The van der Waals surface area contributed by atoms with E-state index in [9.17, 15) is 4.79 Å². The zero-order valence-electron chi connectivity index (χ0n) is 13.9. The summed E-state index contributed by atoms with van der Waals surface area (Å²) in [6.45, 7) is 4.23. The van der Waals surface area contributed by atoms with Crippen LogP contribution in [0.15, 0.2) is 42.5 Å². The number of hydrogen-bond acceptors (Lipinski definition) is 4. The summed E-state index contributed by atoms with van der Waals surface area (Å²) in [7, 11) is 0. The molecule has 3 saturated heterocycles. The largest absolute Gasteiger partial charge is 0.352 e. The first kappa shape index (κ1) is 15.1. The van der Waals surface area contributed by atoms with Crippen LogP contribution in [0.2, 0.25) is 0 Å². The van der Waals surface area contributed by atoms with Crippen LogP contribution in [0.5, 0.6) is 0 Å². The Labute approximate surface area is 142 Å². The minimum atomic E-state index is 0.0653. The van der Waals surface area contributed by atoms with Gasteiger partial charge in [0.2, 0.25) is 5.91 Å². The number of carbonyl (C=O) groups excluding carboxylic acids is 1. The summed E-state index contributed by atoms with van der Waals surface area (Å²) in [5.74, 6) is 1.24. The minimum Gasteiger partial charge on any atom is -0.352 e. The summed E-state index contributed by atoms with van der Waals surface area (Å²) in [6, 6.07) is 14.5.